The van der Waals surface area contributed by atoms with Crippen molar-refractivity contribution in [3.63, 3.8) is 0 Å². The molecule has 0 saturated heterocycles. The van der Waals surface area contributed by atoms with Crippen LogP contribution in [0.5, 0.6) is 0 Å². The van der Waals surface area contributed by atoms with Gasteiger partial charge in [0.15, 0.2) is 0 Å². The molecule has 0 aliphatic heterocycles. The van der Waals surface area contributed by atoms with Gasteiger partial charge in [0.2, 0.25) is 0 Å². The third-order valence-corrected chi connectivity index (χ3v) is 0.542. The lowest BCUT2D eigenvalue weighted by Crippen LogP contribution is -1.98. The summed E-state index contributed by atoms with van der Waals surface area (Å²) < 4.78 is 0. The monoisotopic (exact) mass is 87.1 g/mol. The first-order valence-electron chi connectivity index (χ1n) is 1.81. The minimum atomic E-state index is 0.441. The van der Waals surface area contributed by atoms with Crippen molar-refractivity contribution >= 4 is 0 Å². The highest BCUT2D eigenvalue weighted by molar-refractivity contribution is 4.92. The fraction of sp³-hybridized carbons (Fsp3) is 0.500. The smallest absolute Gasteiger partial charge is 0.0793 e. The number of hydrogen-bond acceptors (Lipinski definition) is 2. The van der Waals surface area contributed by atoms with Crippen LogP contribution < -0.4 is 5.73 Å². The Kier molecular flexibility index (Phi) is 2.50. The fourth-order valence-corrected chi connectivity index (χ4v) is 0.0527. The Labute approximate surface area is 37.3 Å². The Morgan fingerprint density at radius 1 is 2.00 bits per heavy atom. The number of hydrogen-bond donors (Lipinski definition) is 2. The zero-order valence-electron chi connectivity index (χ0n) is 3.81. The van der Waals surface area contributed by atoms with Crippen LogP contribution in [-0.4, -0.2) is 11.7 Å². The van der Waals surface area contributed by atoms with Gasteiger partial charge in [0.1, 0.15) is 0 Å². The van der Waals surface area contributed by atoms with Gasteiger partial charge >= 0.3 is 0 Å². The van der Waals surface area contributed by atoms with Gasteiger partial charge in [-0.1, -0.05) is 0 Å². The molecule has 0 bridgehead atoms. The van der Waals surface area contributed by atoms with Crippen LogP contribution in [0.1, 0.15) is 6.92 Å². The molecule has 0 spiro atoms. The lowest BCUT2D eigenvalue weighted by atomic mass is 10.4. The zero-order valence-corrected chi connectivity index (χ0v) is 3.81. The predicted molar refractivity (Wildman–Crippen MR) is 25.4 cm³/mol. The summed E-state index contributed by atoms with van der Waals surface area (Å²) in [6.07, 6.45) is 1.01. The molecule has 0 aromatic rings. The van der Waals surface area contributed by atoms with Crippen molar-refractivity contribution in [2.75, 3.05) is 6.54 Å². The molecule has 0 aliphatic carbocycles. The standard InChI is InChI=1S/C4H9NO/c1-4(2-5)3-6/h3,6H,2,5H2,1H3/b4-3-. The van der Waals surface area contributed by atoms with E-state index in [1.165, 1.54) is 0 Å². The fourth-order valence-electron chi connectivity index (χ4n) is 0.0527. The maximum atomic E-state index is 8.09. The summed E-state index contributed by atoms with van der Waals surface area (Å²) in [7, 11) is 0. The normalized spacial score (nSPS) is 12.0. The highest BCUT2D eigenvalue weighted by Crippen LogP contribution is 1.80. The third kappa shape index (κ3) is 1.79. The Morgan fingerprint density at radius 3 is 2.50 bits per heavy atom. The summed E-state index contributed by atoms with van der Waals surface area (Å²) in [5, 5.41) is 8.09. The van der Waals surface area contributed by atoms with Crippen LogP contribution in [-0.2, 0) is 0 Å². The van der Waals surface area contributed by atoms with E-state index in [-0.39, 0.29) is 0 Å². The van der Waals surface area contributed by atoms with Gasteiger partial charge in [0.25, 0.3) is 0 Å². The summed E-state index contributed by atoms with van der Waals surface area (Å²) in [6.45, 7) is 2.20. The molecule has 0 radical (unpaired) electrons. The van der Waals surface area contributed by atoms with Gasteiger partial charge in [0.05, 0.1) is 6.26 Å². The number of nitrogens with two attached hydrogens (primary N) is 1. The van der Waals surface area contributed by atoms with Gasteiger partial charge < -0.3 is 10.8 Å². The van der Waals surface area contributed by atoms with E-state index in [4.69, 9.17) is 10.8 Å². The highest BCUT2D eigenvalue weighted by Gasteiger charge is 1.75. The summed E-state index contributed by atoms with van der Waals surface area (Å²) in [6, 6.07) is 0. The number of aliphatic hydroxyl groups excluding tert-OH is 1. The summed E-state index contributed by atoms with van der Waals surface area (Å²) in [5.41, 5.74) is 5.86. The van der Waals surface area contributed by atoms with Gasteiger partial charge in [0, 0.05) is 6.54 Å². The maximum absolute atomic E-state index is 8.09. The van der Waals surface area contributed by atoms with Gasteiger partial charge in [-0.25, -0.2) is 0 Å². The molecule has 0 rings (SSSR count). The molecule has 0 amide bonds. The SMILES string of the molecule is C/C(=C/O)CN. The van der Waals surface area contributed by atoms with Gasteiger partial charge in [-0.15, -0.1) is 0 Å². The topological polar surface area (TPSA) is 46.2 Å². The van der Waals surface area contributed by atoms with E-state index in [1.54, 1.807) is 6.92 Å². The van der Waals surface area contributed by atoms with Crippen molar-refractivity contribution in [2.45, 2.75) is 6.92 Å². The quantitative estimate of drug-likeness (QED) is 0.455. The van der Waals surface area contributed by atoms with E-state index >= 15 is 0 Å². The minimum Gasteiger partial charge on any atom is -0.516 e. The van der Waals surface area contributed by atoms with Gasteiger partial charge in [-0.2, -0.15) is 0 Å². The molecule has 0 unspecified atom stereocenters. The third-order valence-electron chi connectivity index (χ3n) is 0.542. The molecule has 2 nitrogen and oxygen atoms in total. The van der Waals surface area contributed by atoms with Crippen molar-refractivity contribution < 1.29 is 5.11 Å². The highest BCUT2D eigenvalue weighted by atomic mass is 16.2. The summed E-state index contributed by atoms with van der Waals surface area (Å²) in [4.78, 5) is 0. The van der Waals surface area contributed by atoms with Crippen molar-refractivity contribution in [1.29, 1.82) is 0 Å². The molecule has 0 atom stereocenters. The van der Waals surface area contributed by atoms with Crippen LogP contribution in [0.4, 0.5) is 0 Å². The first kappa shape index (κ1) is 5.50. The lowest BCUT2D eigenvalue weighted by Gasteiger charge is -1.84. The molecule has 2 heteroatoms. The second-order valence-electron chi connectivity index (χ2n) is 1.18. The molecule has 0 heterocycles. The van der Waals surface area contributed by atoms with Crippen LogP contribution in [0.25, 0.3) is 0 Å². The first-order chi connectivity index (χ1) is 2.81. The second-order valence-corrected chi connectivity index (χ2v) is 1.18. The van der Waals surface area contributed by atoms with Crippen LogP contribution >= 0.6 is 0 Å². The van der Waals surface area contributed by atoms with E-state index in [2.05, 4.69) is 0 Å². The largest absolute Gasteiger partial charge is 0.516 e. The van der Waals surface area contributed by atoms with Crippen molar-refractivity contribution in [3.8, 4) is 0 Å². The van der Waals surface area contributed by atoms with Gasteiger partial charge in [-0.05, 0) is 12.5 Å². The lowest BCUT2D eigenvalue weighted by molar-refractivity contribution is 0.466. The predicted octanol–water partition coefficient (Wildman–Crippen LogP) is 0.407. The molecule has 0 aromatic carbocycles. The van der Waals surface area contributed by atoms with E-state index in [1.807, 2.05) is 0 Å². The molecule has 0 aromatic heterocycles. The Balaban J connectivity index is 3.22. The molecule has 3 N–H and O–H groups in total. The van der Waals surface area contributed by atoms with E-state index in [0.717, 1.165) is 11.8 Å². The molecule has 0 fully saturated rings. The molecule has 0 aliphatic rings. The molecule has 36 valence electrons. The number of aliphatic hydroxyl groups is 1. The van der Waals surface area contributed by atoms with Crippen LogP contribution in [0, 0.1) is 0 Å². The first-order valence-corrected chi connectivity index (χ1v) is 1.81. The van der Waals surface area contributed by atoms with E-state index in [0.29, 0.717) is 6.54 Å². The van der Waals surface area contributed by atoms with Crippen LogP contribution in [0.2, 0.25) is 0 Å². The zero-order chi connectivity index (χ0) is 4.99. The Bertz CT molecular complexity index is 58.6. The average Bonchev–Trinajstić information content (AvgIpc) is 1.65. The van der Waals surface area contributed by atoms with Crippen LogP contribution in [0.15, 0.2) is 11.8 Å². The second kappa shape index (κ2) is 2.72. The Morgan fingerprint density at radius 2 is 2.50 bits per heavy atom. The van der Waals surface area contributed by atoms with E-state index in [9.17, 15) is 0 Å². The van der Waals surface area contributed by atoms with Crippen molar-refractivity contribution in [3.05, 3.63) is 11.8 Å². The van der Waals surface area contributed by atoms with E-state index < -0.39 is 0 Å². The summed E-state index contributed by atoms with van der Waals surface area (Å²) in [5.74, 6) is 0. The number of rotatable bonds is 1. The molecular formula is C4H9NO. The van der Waals surface area contributed by atoms with Crippen LogP contribution in [0.3, 0.4) is 0 Å². The minimum absolute atomic E-state index is 0.441. The van der Waals surface area contributed by atoms with Crippen molar-refractivity contribution in [2.24, 2.45) is 5.73 Å². The van der Waals surface area contributed by atoms with Crippen molar-refractivity contribution in [1.82, 2.24) is 0 Å². The summed E-state index contributed by atoms with van der Waals surface area (Å²) >= 11 is 0. The maximum Gasteiger partial charge on any atom is 0.0793 e. The molecular weight excluding hydrogens is 78.1 g/mol. The van der Waals surface area contributed by atoms with Gasteiger partial charge in [-0.3, -0.25) is 0 Å². The average molecular weight is 87.1 g/mol. The molecule has 6 heavy (non-hydrogen) atoms. The Hall–Kier alpha value is -0.500. The molecule has 0 saturated carbocycles.